The molecule has 0 heterocycles. The lowest BCUT2D eigenvalue weighted by Gasteiger charge is -2.10. The van der Waals surface area contributed by atoms with E-state index in [-0.39, 0.29) is 18.3 Å². The molecule has 0 amide bonds. The average molecular weight is 247 g/mol. The van der Waals surface area contributed by atoms with Crippen molar-refractivity contribution in [3.8, 4) is 0 Å². The minimum absolute atomic E-state index is 0.287. The second-order valence-corrected chi connectivity index (χ2v) is 3.62. The summed E-state index contributed by atoms with van der Waals surface area (Å²) in [4.78, 5) is 11.1. The minimum atomic E-state index is -1.58. The lowest BCUT2D eigenvalue weighted by molar-refractivity contribution is -0.145. The molecule has 6 heteroatoms. The fraction of sp³-hybridized carbons (Fsp3) is 0.364. The van der Waals surface area contributed by atoms with Crippen LogP contribution in [0.4, 0.5) is 18.9 Å². The Balaban J connectivity index is 2.64. The predicted octanol–water partition coefficient (Wildman–Crippen LogP) is 2.47. The molecule has 0 radical (unpaired) electrons. The molecule has 17 heavy (non-hydrogen) atoms. The number of carbonyl (C=O) groups is 1. The summed E-state index contributed by atoms with van der Waals surface area (Å²) in [6, 6.07) is 1.78. The molecule has 1 aromatic rings. The molecule has 0 aromatic heterocycles. The van der Waals surface area contributed by atoms with Crippen molar-refractivity contribution in [3.63, 3.8) is 0 Å². The standard InChI is InChI=1S/C11H12F3NO2/c1-6(2)17-9(16)5-15-8-4-3-7(12)10(13)11(8)14/h3-4,6,15H,5H2,1-2H3. The maximum atomic E-state index is 13.1. The number of nitrogens with one attached hydrogen (secondary N) is 1. The van der Waals surface area contributed by atoms with Gasteiger partial charge < -0.3 is 10.1 Å². The topological polar surface area (TPSA) is 38.3 Å². The Kier molecular flexibility index (Phi) is 4.37. The number of carbonyl (C=O) groups excluding carboxylic acids is 1. The Morgan fingerprint density at radius 2 is 1.94 bits per heavy atom. The number of ether oxygens (including phenoxy) is 1. The molecule has 0 saturated carbocycles. The molecule has 1 N–H and O–H groups in total. The van der Waals surface area contributed by atoms with Crippen molar-refractivity contribution in [2.75, 3.05) is 11.9 Å². The molecule has 0 aliphatic heterocycles. The van der Waals surface area contributed by atoms with Gasteiger partial charge in [-0.05, 0) is 26.0 Å². The molecule has 0 bridgehead atoms. The van der Waals surface area contributed by atoms with Gasteiger partial charge in [0, 0.05) is 0 Å². The van der Waals surface area contributed by atoms with Crippen molar-refractivity contribution >= 4 is 11.7 Å². The van der Waals surface area contributed by atoms with Gasteiger partial charge in [-0.1, -0.05) is 0 Å². The molecular formula is C11H12F3NO2. The van der Waals surface area contributed by atoms with E-state index in [0.29, 0.717) is 0 Å². The van der Waals surface area contributed by atoms with Crippen molar-refractivity contribution < 1.29 is 22.7 Å². The van der Waals surface area contributed by atoms with E-state index in [1.807, 2.05) is 0 Å². The van der Waals surface area contributed by atoms with Gasteiger partial charge in [0.25, 0.3) is 0 Å². The summed E-state index contributed by atoms with van der Waals surface area (Å²) in [5.41, 5.74) is -0.287. The predicted molar refractivity (Wildman–Crippen MR) is 56.0 cm³/mol. The van der Waals surface area contributed by atoms with Crippen LogP contribution in [0.5, 0.6) is 0 Å². The average Bonchev–Trinajstić information content (AvgIpc) is 2.24. The highest BCUT2D eigenvalue weighted by Crippen LogP contribution is 2.19. The van der Waals surface area contributed by atoms with E-state index >= 15 is 0 Å². The van der Waals surface area contributed by atoms with E-state index in [1.165, 1.54) is 0 Å². The maximum Gasteiger partial charge on any atom is 0.325 e. The maximum absolute atomic E-state index is 13.1. The van der Waals surface area contributed by atoms with Crippen LogP contribution >= 0.6 is 0 Å². The number of hydrogen-bond donors (Lipinski definition) is 1. The van der Waals surface area contributed by atoms with Crippen LogP contribution in [0.1, 0.15) is 13.8 Å². The van der Waals surface area contributed by atoms with Crippen molar-refractivity contribution in [3.05, 3.63) is 29.6 Å². The largest absolute Gasteiger partial charge is 0.462 e. The van der Waals surface area contributed by atoms with Gasteiger partial charge in [0.2, 0.25) is 0 Å². The van der Waals surface area contributed by atoms with Crippen LogP contribution in [0, 0.1) is 17.5 Å². The smallest absolute Gasteiger partial charge is 0.325 e. The quantitative estimate of drug-likeness (QED) is 0.656. The first-order valence-corrected chi connectivity index (χ1v) is 4.98. The van der Waals surface area contributed by atoms with E-state index in [4.69, 9.17) is 4.74 Å². The van der Waals surface area contributed by atoms with Gasteiger partial charge in [0.05, 0.1) is 11.8 Å². The third-order valence-electron chi connectivity index (χ3n) is 1.83. The lowest BCUT2D eigenvalue weighted by Crippen LogP contribution is -2.20. The normalized spacial score (nSPS) is 10.5. The first-order valence-electron chi connectivity index (χ1n) is 4.98. The van der Waals surface area contributed by atoms with Crippen molar-refractivity contribution in [1.29, 1.82) is 0 Å². The summed E-state index contributed by atoms with van der Waals surface area (Å²) in [6.45, 7) is 3.01. The van der Waals surface area contributed by atoms with Gasteiger partial charge >= 0.3 is 5.97 Å². The Morgan fingerprint density at radius 1 is 1.29 bits per heavy atom. The van der Waals surface area contributed by atoms with Crippen LogP contribution < -0.4 is 5.32 Å². The molecule has 0 unspecified atom stereocenters. The van der Waals surface area contributed by atoms with Crippen LogP contribution in [-0.4, -0.2) is 18.6 Å². The minimum Gasteiger partial charge on any atom is -0.462 e. The third kappa shape index (κ3) is 3.65. The highest BCUT2D eigenvalue weighted by molar-refractivity contribution is 5.75. The summed E-state index contributed by atoms with van der Waals surface area (Å²) in [5, 5.41) is 2.33. The van der Waals surface area contributed by atoms with E-state index < -0.39 is 23.4 Å². The van der Waals surface area contributed by atoms with Gasteiger partial charge in [0.15, 0.2) is 17.5 Å². The Hall–Kier alpha value is -1.72. The monoisotopic (exact) mass is 247 g/mol. The van der Waals surface area contributed by atoms with Gasteiger partial charge in [-0.25, -0.2) is 13.2 Å². The molecule has 0 spiro atoms. The molecular weight excluding hydrogens is 235 g/mol. The molecule has 0 aliphatic rings. The molecule has 0 atom stereocenters. The van der Waals surface area contributed by atoms with Crippen molar-refractivity contribution in [2.24, 2.45) is 0 Å². The molecule has 1 rings (SSSR count). The third-order valence-corrected chi connectivity index (χ3v) is 1.83. The Morgan fingerprint density at radius 3 is 2.53 bits per heavy atom. The highest BCUT2D eigenvalue weighted by atomic mass is 19.2. The number of benzene rings is 1. The summed E-state index contributed by atoms with van der Waals surface area (Å²) < 4.78 is 43.3. The van der Waals surface area contributed by atoms with Crippen LogP contribution in [0.3, 0.4) is 0 Å². The SMILES string of the molecule is CC(C)OC(=O)CNc1ccc(F)c(F)c1F. The molecule has 0 fully saturated rings. The Bertz CT molecular complexity index is 421. The molecule has 0 aliphatic carbocycles. The number of rotatable bonds is 4. The molecule has 3 nitrogen and oxygen atoms in total. The summed E-state index contributed by atoms with van der Waals surface area (Å²) in [7, 11) is 0. The fourth-order valence-electron chi connectivity index (χ4n) is 1.13. The Labute approximate surface area is 96.6 Å². The van der Waals surface area contributed by atoms with E-state index in [9.17, 15) is 18.0 Å². The summed E-state index contributed by atoms with van der Waals surface area (Å²) >= 11 is 0. The molecule has 1 aromatic carbocycles. The van der Waals surface area contributed by atoms with E-state index in [1.54, 1.807) is 13.8 Å². The highest BCUT2D eigenvalue weighted by Gasteiger charge is 2.14. The molecule has 94 valence electrons. The number of esters is 1. The number of halogens is 3. The fourth-order valence-corrected chi connectivity index (χ4v) is 1.13. The summed E-state index contributed by atoms with van der Waals surface area (Å²) in [6.07, 6.45) is -0.292. The summed E-state index contributed by atoms with van der Waals surface area (Å²) in [5.74, 6) is -4.82. The van der Waals surface area contributed by atoms with Gasteiger partial charge in [0.1, 0.15) is 6.54 Å². The first-order chi connectivity index (χ1) is 7.91. The number of anilines is 1. The van der Waals surface area contributed by atoms with Gasteiger partial charge in [-0.2, -0.15) is 0 Å². The van der Waals surface area contributed by atoms with Crippen LogP contribution in [0.25, 0.3) is 0 Å². The molecule has 0 saturated heterocycles. The second-order valence-electron chi connectivity index (χ2n) is 3.62. The van der Waals surface area contributed by atoms with Crippen LogP contribution in [-0.2, 0) is 9.53 Å². The second kappa shape index (κ2) is 5.56. The first kappa shape index (κ1) is 13.3. The lowest BCUT2D eigenvalue weighted by atomic mass is 10.3. The zero-order chi connectivity index (χ0) is 13.0. The number of hydrogen-bond acceptors (Lipinski definition) is 3. The van der Waals surface area contributed by atoms with Crippen LogP contribution in [0.15, 0.2) is 12.1 Å². The van der Waals surface area contributed by atoms with Gasteiger partial charge in [-0.3, -0.25) is 4.79 Å². The van der Waals surface area contributed by atoms with E-state index in [0.717, 1.165) is 12.1 Å². The van der Waals surface area contributed by atoms with E-state index in [2.05, 4.69) is 5.32 Å². The van der Waals surface area contributed by atoms with Crippen molar-refractivity contribution in [1.82, 2.24) is 0 Å². The zero-order valence-electron chi connectivity index (χ0n) is 9.39. The van der Waals surface area contributed by atoms with Crippen molar-refractivity contribution in [2.45, 2.75) is 20.0 Å². The van der Waals surface area contributed by atoms with Gasteiger partial charge in [-0.15, -0.1) is 0 Å². The van der Waals surface area contributed by atoms with Crippen LogP contribution in [0.2, 0.25) is 0 Å². The zero-order valence-corrected chi connectivity index (χ0v) is 9.39.